The van der Waals surface area contributed by atoms with Gasteiger partial charge < -0.3 is 9.64 Å². The molecule has 7 heteroatoms. The van der Waals surface area contributed by atoms with E-state index in [0.29, 0.717) is 17.0 Å². The fraction of sp³-hybridized carbons (Fsp3) is 0.300. The van der Waals surface area contributed by atoms with Gasteiger partial charge in [0.2, 0.25) is 5.91 Å². The number of anilines is 1. The quantitative estimate of drug-likeness (QED) is 0.761. The third kappa shape index (κ3) is 3.54. The monoisotopic (exact) mass is 377 g/mol. The molecule has 0 aliphatic carbocycles. The van der Waals surface area contributed by atoms with Crippen molar-refractivity contribution in [3.8, 4) is 5.75 Å². The molecule has 1 aliphatic heterocycles. The van der Waals surface area contributed by atoms with Crippen LogP contribution in [0.3, 0.4) is 0 Å². The number of carbonyl (C=O) groups excluding carboxylic acids is 2. The second kappa shape index (κ2) is 7.06. The summed E-state index contributed by atoms with van der Waals surface area (Å²) >= 11 is 0. The Hall–Kier alpha value is -2.83. The maximum absolute atomic E-state index is 13.0. The van der Waals surface area contributed by atoms with Gasteiger partial charge in [0.25, 0.3) is 0 Å². The Kier molecular flexibility index (Phi) is 4.95. The number of nitrogens with zero attached hydrogens (tertiary/aromatic N) is 1. The largest absolute Gasteiger partial charge is 0.497 e. The SMILES string of the molecule is CCN1C(=O)C(c2ccc(OC)cc2)C(=O)Cc2cc(C(F)(F)F)ccc21. The molecular formula is C20H18F3NO3. The van der Waals surface area contributed by atoms with Crippen molar-refractivity contribution in [2.24, 2.45) is 0 Å². The van der Waals surface area contributed by atoms with Crippen LogP contribution in [0, 0.1) is 0 Å². The second-order valence-electron chi connectivity index (χ2n) is 6.27. The van der Waals surface area contributed by atoms with Gasteiger partial charge in [-0.1, -0.05) is 12.1 Å². The summed E-state index contributed by atoms with van der Waals surface area (Å²) in [5, 5.41) is 0. The number of alkyl halides is 3. The van der Waals surface area contributed by atoms with Crippen molar-refractivity contribution in [2.75, 3.05) is 18.6 Å². The molecule has 1 aliphatic rings. The van der Waals surface area contributed by atoms with Crippen molar-refractivity contribution in [1.29, 1.82) is 0 Å². The number of ether oxygens (including phenoxy) is 1. The van der Waals surface area contributed by atoms with Gasteiger partial charge in [0, 0.05) is 18.7 Å². The minimum Gasteiger partial charge on any atom is -0.497 e. The number of amides is 1. The summed E-state index contributed by atoms with van der Waals surface area (Å²) in [6, 6.07) is 9.71. The Morgan fingerprint density at radius 1 is 1.11 bits per heavy atom. The fourth-order valence-corrected chi connectivity index (χ4v) is 3.32. The van der Waals surface area contributed by atoms with E-state index < -0.39 is 29.3 Å². The number of likely N-dealkylation sites (N-methyl/N-ethyl adjacent to an activating group) is 1. The van der Waals surface area contributed by atoms with Crippen LogP contribution in [0.2, 0.25) is 0 Å². The van der Waals surface area contributed by atoms with Gasteiger partial charge in [0.05, 0.1) is 12.7 Å². The molecule has 1 atom stereocenters. The molecule has 0 fully saturated rings. The van der Waals surface area contributed by atoms with Crippen molar-refractivity contribution in [1.82, 2.24) is 0 Å². The highest BCUT2D eigenvalue weighted by Gasteiger charge is 2.38. The van der Waals surface area contributed by atoms with Gasteiger partial charge in [-0.2, -0.15) is 13.2 Å². The first-order valence-corrected chi connectivity index (χ1v) is 8.44. The van der Waals surface area contributed by atoms with E-state index in [4.69, 9.17) is 4.74 Å². The highest BCUT2D eigenvalue weighted by molar-refractivity contribution is 6.15. The van der Waals surface area contributed by atoms with Gasteiger partial charge in [0.15, 0.2) is 5.78 Å². The van der Waals surface area contributed by atoms with Crippen molar-refractivity contribution in [3.05, 3.63) is 59.2 Å². The van der Waals surface area contributed by atoms with Crippen LogP contribution in [0.15, 0.2) is 42.5 Å². The topological polar surface area (TPSA) is 46.6 Å². The van der Waals surface area contributed by atoms with E-state index in [2.05, 4.69) is 0 Å². The highest BCUT2D eigenvalue weighted by Crippen LogP contribution is 2.37. The van der Waals surface area contributed by atoms with Crippen LogP contribution in [0.25, 0.3) is 0 Å². The number of fused-ring (bicyclic) bond motifs is 1. The minimum atomic E-state index is -4.51. The standard InChI is InChI=1S/C20H18F3NO3/c1-3-24-16-9-6-14(20(21,22)23)10-13(16)11-17(25)18(19(24)26)12-4-7-15(27-2)8-5-12/h4-10,18H,3,11H2,1-2H3. The van der Waals surface area contributed by atoms with Crippen LogP contribution in [-0.2, 0) is 22.2 Å². The smallest absolute Gasteiger partial charge is 0.416 e. The molecule has 1 unspecified atom stereocenters. The van der Waals surface area contributed by atoms with Crippen LogP contribution in [0.5, 0.6) is 5.75 Å². The number of halogens is 3. The van der Waals surface area contributed by atoms with Gasteiger partial charge in [-0.25, -0.2) is 0 Å². The first-order valence-electron chi connectivity index (χ1n) is 8.44. The van der Waals surface area contributed by atoms with E-state index in [1.165, 1.54) is 18.1 Å². The van der Waals surface area contributed by atoms with Crippen LogP contribution in [0.1, 0.15) is 29.5 Å². The molecule has 0 aromatic heterocycles. The molecule has 0 saturated carbocycles. The zero-order chi connectivity index (χ0) is 19.8. The number of benzene rings is 2. The maximum Gasteiger partial charge on any atom is 0.416 e. The molecule has 1 amide bonds. The molecule has 4 nitrogen and oxygen atoms in total. The molecule has 27 heavy (non-hydrogen) atoms. The van der Waals surface area contributed by atoms with Gasteiger partial charge in [-0.3, -0.25) is 9.59 Å². The lowest BCUT2D eigenvalue weighted by Gasteiger charge is -2.24. The first-order chi connectivity index (χ1) is 12.8. The van der Waals surface area contributed by atoms with Gasteiger partial charge in [-0.05, 0) is 48.4 Å². The summed E-state index contributed by atoms with van der Waals surface area (Å²) in [5.74, 6) is -1.34. The fourth-order valence-electron chi connectivity index (χ4n) is 3.32. The molecule has 2 aromatic carbocycles. The number of hydrogen-bond donors (Lipinski definition) is 0. The van der Waals surface area contributed by atoms with Crippen LogP contribution in [-0.4, -0.2) is 25.3 Å². The average molecular weight is 377 g/mol. The Morgan fingerprint density at radius 2 is 1.78 bits per heavy atom. The van der Waals surface area contributed by atoms with Crippen molar-refractivity contribution >= 4 is 17.4 Å². The lowest BCUT2D eigenvalue weighted by molar-refractivity contribution is -0.137. The zero-order valence-electron chi connectivity index (χ0n) is 14.8. The van der Waals surface area contributed by atoms with E-state index in [1.54, 1.807) is 31.2 Å². The van der Waals surface area contributed by atoms with E-state index in [9.17, 15) is 22.8 Å². The molecule has 0 radical (unpaired) electrons. The number of hydrogen-bond acceptors (Lipinski definition) is 3. The van der Waals surface area contributed by atoms with E-state index in [1.807, 2.05) is 0 Å². The normalized spacial score (nSPS) is 17.5. The molecule has 2 aromatic rings. The molecule has 1 heterocycles. The number of rotatable bonds is 3. The van der Waals surface area contributed by atoms with E-state index in [0.717, 1.165) is 12.1 Å². The van der Waals surface area contributed by atoms with Crippen molar-refractivity contribution in [3.63, 3.8) is 0 Å². The lowest BCUT2D eigenvalue weighted by atomic mass is 9.91. The summed E-state index contributed by atoms with van der Waals surface area (Å²) in [4.78, 5) is 27.2. The lowest BCUT2D eigenvalue weighted by Crippen LogP contribution is -2.36. The van der Waals surface area contributed by atoms with Crippen LogP contribution in [0.4, 0.5) is 18.9 Å². The van der Waals surface area contributed by atoms with E-state index >= 15 is 0 Å². The van der Waals surface area contributed by atoms with Crippen molar-refractivity contribution in [2.45, 2.75) is 25.4 Å². The second-order valence-corrected chi connectivity index (χ2v) is 6.27. The summed E-state index contributed by atoms with van der Waals surface area (Å²) in [5.41, 5.74) is 0.217. The van der Waals surface area contributed by atoms with Gasteiger partial charge in [0.1, 0.15) is 11.7 Å². The first kappa shape index (κ1) is 18.9. The predicted octanol–water partition coefficient (Wildman–Crippen LogP) is 3.98. The molecule has 0 saturated heterocycles. The molecule has 0 N–H and O–H groups in total. The maximum atomic E-state index is 13.0. The summed E-state index contributed by atoms with van der Waals surface area (Å²) in [6.45, 7) is 1.97. The Labute approximate surface area is 154 Å². The average Bonchev–Trinajstić information content (AvgIpc) is 2.73. The summed E-state index contributed by atoms with van der Waals surface area (Å²) in [7, 11) is 1.50. The molecule has 3 rings (SSSR count). The summed E-state index contributed by atoms with van der Waals surface area (Å²) < 4.78 is 44.2. The third-order valence-electron chi connectivity index (χ3n) is 4.66. The highest BCUT2D eigenvalue weighted by atomic mass is 19.4. The number of methoxy groups -OCH3 is 1. The van der Waals surface area contributed by atoms with Gasteiger partial charge >= 0.3 is 6.18 Å². The predicted molar refractivity (Wildman–Crippen MR) is 93.9 cm³/mol. The molecular weight excluding hydrogens is 359 g/mol. The Bertz CT molecular complexity index is 875. The Balaban J connectivity index is 2.06. The third-order valence-corrected chi connectivity index (χ3v) is 4.66. The van der Waals surface area contributed by atoms with Crippen molar-refractivity contribution < 1.29 is 27.5 Å². The molecule has 142 valence electrons. The van der Waals surface area contributed by atoms with Crippen LogP contribution < -0.4 is 9.64 Å². The molecule has 0 bridgehead atoms. The number of carbonyl (C=O) groups is 2. The zero-order valence-corrected chi connectivity index (χ0v) is 14.8. The number of ketones is 1. The van der Waals surface area contributed by atoms with Crippen LogP contribution >= 0.6 is 0 Å². The van der Waals surface area contributed by atoms with E-state index in [-0.39, 0.29) is 18.5 Å². The van der Waals surface area contributed by atoms with Gasteiger partial charge in [-0.15, -0.1) is 0 Å². The summed E-state index contributed by atoms with van der Waals surface area (Å²) in [6.07, 6.45) is -4.75. The minimum absolute atomic E-state index is 0.209. The Morgan fingerprint density at radius 3 is 2.33 bits per heavy atom. The molecule has 0 spiro atoms. The number of Topliss-reactive ketones (excluding diaryl/α,β-unsaturated/α-hetero) is 1.